The number of amides is 1. The van der Waals surface area contributed by atoms with Crippen LogP contribution in [0.5, 0.6) is 5.75 Å². The fraction of sp³-hybridized carbons (Fsp3) is 0.467. The van der Waals surface area contributed by atoms with Gasteiger partial charge in [-0.25, -0.2) is 9.59 Å². The van der Waals surface area contributed by atoms with Crippen LogP contribution >= 0.6 is 0 Å². The Balaban J connectivity index is 2.97. The molecular formula is C15H21NO6. The number of aliphatic carboxylic acids is 1. The maximum absolute atomic E-state index is 11.8. The molecule has 3 N–H and O–H groups in total. The van der Waals surface area contributed by atoms with Gasteiger partial charge in [-0.3, -0.25) is 0 Å². The highest BCUT2D eigenvalue weighted by Crippen LogP contribution is 2.21. The van der Waals surface area contributed by atoms with Crippen molar-refractivity contribution in [2.45, 2.75) is 38.5 Å². The van der Waals surface area contributed by atoms with Crippen molar-refractivity contribution in [3.8, 4) is 5.75 Å². The Labute approximate surface area is 128 Å². The van der Waals surface area contributed by atoms with Gasteiger partial charge in [-0.1, -0.05) is 12.1 Å². The van der Waals surface area contributed by atoms with Crippen LogP contribution in [0.4, 0.5) is 4.79 Å². The van der Waals surface area contributed by atoms with Crippen molar-refractivity contribution in [2.75, 3.05) is 7.11 Å². The molecule has 0 aliphatic carbocycles. The lowest BCUT2D eigenvalue weighted by molar-refractivity contribution is -0.148. The van der Waals surface area contributed by atoms with Crippen molar-refractivity contribution in [3.63, 3.8) is 0 Å². The number of carbonyl (C=O) groups is 2. The van der Waals surface area contributed by atoms with E-state index in [9.17, 15) is 14.7 Å². The first-order chi connectivity index (χ1) is 10.1. The van der Waals surface area contributed by atoms with E-state index in [2.05, 4.69) is 5.32 Å². The lowest BCUT2D eigenvalue weighted by Gasteiger charge is -2.25. The molecule has 2 unspecified atom stereocenters. The third-order valence-corrected chi connectivity index (χ3v) is 2.72. The smallest absolute Gasteiger partial charge is 0.408 e. The average molecular weight is 311 g/mol. The number of nitrogens with one attached hydrogen (secondary N) is 1. The van der Waals surface area contributed by atoms with Gasteiger partial charge < -0.3 is 25.0 Å². The third kappa shape index (κ3) is 5.25. The molecule has 0 aliphatic heterocycles. The molecule has 7 nitrogen and oxygen atoms in total. The standard InChI is InChI=1S/C15H21NO6/c1-15(2,3)22-14(20)16-11(12(17)13(18)19)9-5-7-10(21-4)8-6-9/h5-8,11-12,17H,1-4H3,(H,16,20)(H,18,19). The molecule has 7 heteroatoms. The third-order valence-electron chi connectivity index (χ3n) is 2.72. The van der Waals surface area contributed by atoms with E-state index in [0.29, 0.717) is 11.3 Å². The molecule has 2 atom stereocenters. The van der Waals surface area contributed by atoms with Gasteiger partial charge in [0.1, 0.15) is 11.4 Å². The maximum Gasteiger partial charge on any atom is 0.408 e. The minimum absolute atomic E-state index is 0.418. The van der Waals surface area contributed by atoms with Crippen molar-refractivity contribution in [3.05, 3.63) is 29.8 Å². The first-order valence-electron chi connectivity index (χ1n) is 6.68. The fourth-order valence-corrected chi connectivity index (χ4v) is 1.73. The number of hydrogen-bond donors (Lipinski definition) is 3. The number of aliphatic hydroxyl groups is 1. The molecule has 122 valence electrons. The lowest BCUT2D eigenvalue weighted by atomic mass is 10.0. The zero-order valence-corrected chi connectivity index (χ0v) is 13.0. The highest BCUT2D eigenvalue weighted by Gasteiger charge is 2.30. The molecule has 0 bridgehead atoms. The number of ether oxygens (including phenoxy) is 2. The number of aliphatic hydroxyl groups excluding tert-OH is 1. The zero-order valence-electron chi connectivity index (χ0n) is 13.0. The second-order valence-corrected chi connectivity index (χ2v) is 5.68. The van der Waals surface area contributed by atoms with E-state index >= 15 is 0 Å². The fourth-order valence-electron chi connectivity index (χ4n) is 1.73. The Morgan fingerprint density at radius 3 is 2.14 bits per heavy atom. The van der Waals surface area contributed by atoms with E-state index in [1.54, 1.807) is 45.0 Å². The number of benzene rings is 1. The Kier molecular flexibility index (Phi) is 5.76. The predicted octanol–water partition coefficient (Wildman–Crippen LogP) is 1.71. The van der Waals surface area contributed by atoms with Crippen LogP contribution < -0.4 is 10.1 Å². The van der Waals surface area contributed by atoms with Gasteiger partial charge in [-0.2, -0.15) is 0 Å². The summed E-state index contributed by atoms with van der Waals surface area (Å²) in [6, 6.07) is 5.19. The molecule has 0 saturated carbocycles. The van der Waals surface area contributed by atoms with Crippen LogP contribution in [0.1, 0.15) is 32.4 Å². The number of carbonyl (C=O) groups excluding carboxylic acids is 1. The molecule has 1 aromatic rings. The summed E-state index contributed by atoms with van der Waals surface area (Å²) in [5.41, 5.74) is -0.315. The number of hydrogen-bond acceptors (Lipinski definition) is 5. The topological polar surface area (TPSA) is 105 Å². The summed E-state index contributed by atoms with van der Waals surface area (Å²) < 4.78 is 10.1. The Hall–Kier alpha value is -2.28. The minimum atomic E-state index is -1.80. The van der Waals surface area contributed by atoms with E-state index in [1.807, 2.05) is 0 Å². The molecule has 1 amide bonds. The van der Waals surface area contributed by atoms with Gasteiger partial charge >= 0.3 is 12.1 Å². The van der Waals surface area contributed by atoms with Crippen LogP contribution in [0.3, 0.4) is 0 Å². The summed E-state index contributed by atoms with van der Waals surface area (Å²) in [5.74, 6) is -0.874. The van der Waals surface area contributed by atoms with Crippen LogP contribution in [0, 0.1) is 0 Å². The van der Waals surface area contributed by atoms with Crippen LogP contribution in [0.25, 0.3) is 0 Å². The SMILES string of the molecule is COc1ccc(C(NC(=O)OC(C)(C)C)C(O)C(=O)O)cc1. The van der Waals surface area contributed by atoms with E-state index < -0.39 is 29.8 Å². The molecule has 0 heterocycles. The molecule has 1 aromatic carbocycles. The number of rotatable bonds is 5. The quantitative estimate of drug-likeness (QED) is 0.764. The molecule has 22 heavy (non-hydrogen) atoms. The number of alkyl carbamates (subject to hydrolysis) is 1. The maximum atomic E-state index is 11.8. The molecule has 0 saturated heterocycles. The van der Waals surface area contributed by atoms with Crippen LogP contribution in [-0.2, 0) is 9.53 Å². The van der Waals surface area contributed by atoms with Crippen LogP contribution in [0.15, 0.2) is 24.3 Å². The zero-order chi connectivity index (χ0) is 16.9. The molecule has 0 aliphatic rings. The summed E-state index contributed by atoms with van der Waals surface area (Å²) in [4.78, 5) is 22.9. The molecular weight excluding hydrogens is 290 g/mol. The van der Waals surface area contributed by atoms with Gasteiger partial charge in [-0.15, -0.1) is 0 Å². The van der Waals surface area contributed by atoms with Crippen molar-refractivity contribution < 1.29 is 29.3 Å². The van der Waals surface area contributed by atoms with Gasteiger partial charge in [0.2, 0.25) is 0 Å². The van der Waals surface area contributed by atoms with Crippen molar-refractivity contribution in [2.24, 2.45) is 0 Å². The number of carboxylic acids is 1. The normalized spacial score (nSPS) is 13.9. The molecule has 1 rings (SSSR count). The first-order valence-corrected chi connectivity index (χ1v) is 6.68. The van der Waals surface area contributed by atoms with Crippen molar-refractivity contribution in [1.29, 1.82) is 0 Å². The Morgan fingerprint density at radius 1 is 1.18 bits per heavy atom. The lowest BCUT2D eigenvalue weighted by Crippen LogP contribution is -2.42. The van der Waals surface area contributed by atoms with E-state index in [0.717, 1.165) is 0 Å². The van der Waals surface area contributed by atoms with Gasteiger partial charge in [0.05, 0.1) is 13.2 Å². The second kappa shape index (κ2) is 7.13. The van der Waals surface area contributed by atoms with E-state index in [4.69, 9.17) is 14.6 Å². The highest BCUT2D eigenvalue weighted by atomic mass is 16.6. The highest BCUT2D eigenvalue weighted by molar-refractivity contribution is 5.75. The minimum Gasteiger partial charge on any atom is -0.497 e. The van der Waals surface area contributed by atoms with Gasteiger partial charge in [0, 0.05) is 0 Å². The summed E-state index contributed by atoms with van der Waals surface area (Å²) in [6.45, 7) is 5.05. The Bertz CT molecular complexity index is 520. The van der Waals surface area contributed by atoms with Crippen LogP contribution in [-0.4, -0.2) is 41.1 Å². The summed E-state index contributed by atoms with van der Waals surface area (Å²) in [6.07, 6.45) is -2.62. The molecule has 0 radical (unpaired) electrons. The number of carboxylic acid groups (broad SMARTS) is 1. The first kappa shape index (κ1) is 17.8. The van der Waals surface area contributed by atoms with Crippen LogP contribution in [0.2, 0.25) is 0 Å². The number of methoxy groups -OCH3 is 1. The molecule has 0 aromatic heterocycles. The molecule has 0 spiro atoms. The molecule has 0 fully saturated rings. The summed E-state index contributed by atoms with van der Waals surface area (Å²) in [5, 5.41) is 21.2. The van der Waals surface area contributed by atoms with E-state index in [-0.39, 0.29) is 0 Å². The summed E-state index contributed by atoms with van der Waals surface area (Å²) in [7, 11) is 1.50. The van der Waals surface area contributed by atoms with Gasteiger partial charge in [0.25, 0.3) is 0 Å². The van der Waals surface area contributed by atoms with E-state index in [1.165, 1.54) is 7.11 Å². The van der Waals surface area contributed by atoms with Gasteiger partial charge in [-0.05, 0) is 38.5 Å². The Morgan fingerprint density at radius 2 is 1.73 bits per heavy atom. The monoisotopic (exact) mass is 311 g/mol. The second-order valence-electron chi connectivity index (χ2n) is 5.68. The largest absolute Gasteiger partial charge is 0.497 e. The summed E-state index contributed by atoms with van der Waals surface area (Å²) >= 11 is 0. The van der Waals surface area contributed by atoms with Crippen molar-refractivity contribution in [1.82, 2.24) is 5.32 Å². The average Bonchev–Trinajstić information content (AvgIpc) is 2.42. The predicted molar refractivity (Wildman–Crippen MR) is 78.7 cm³/mol. The van der Waals surface area contributed by atoms with Crippen molar-refractivity contribution >= 4 is 12.1 Å². The van der Waals surface area contributed by atoms with Gasteiger partial charge in [0.15, 0.2) is 6.10 Å².